The molecule has 0 aliphatic heterocycles. The maximum Gasteiger partial charge on any atom is 0.265 e. The Kier molecular flexibility index (Phi) is 6.81. The van der Waals surface area contributed by atoms with Crippen molar-refractivity contribution >= 4 is 29.5 Å². The first-order valence-electron chi connectivity index (χ1n) is 8.16. The van der Waals surface area contributed by atoms with Gasteiger partial charge in [0.05, 0.1) is 6.61 Å². The zero-order valence-electron chi connectivity index (χ0n) is 14.7. The Hall–Kier alpha value is -2.79. The van der Waals surface area contributed by atoms with Crippen molar-refractivity contribution in [2.75, 3.05) is 6.61 Å². The number of amides is 2. The Morgan fingerprint density at radius 3 is 2.27 bits per heavy atom. The summed E-state index contributed by atoms with van der Waals surface area (Å²) < 4.78 is 5.58. The molecule has 136 valence electrons. The highest BCUT2D eigenvalue weighted by molar-refractivity contribution is 6.30. The molecule has 0 saturated carbocycles. The van der Waals surface area contributed by atoms with Crippen molar-refractivity contribution in [1.29, 1.82) is 0 Å². The van der Waals surface area contributed by atoms with Crippen molar-refractivity contribution in [3.8, 4) is 5.75 Å². The summed E-state index contributed by atoms with van der Waals surface area (Å²) >= 11 is 5.84. The predicted octanol–water partition coefficient (Wildman–Crippen LogP) is 3.63. The number of nitrogens with two attached hydrogens (primary N) is 1. The van der Waals surface area contributed by atoms with Gasteiger partial charge >= 0.3 is 0 Å². The van der Waals surface area contributed by atoms with E-state index in [-0.39, 0.29) is 5.70 Å². The molecule has 0 fully saturated rings. The number of primary amides is 1. The number of benzene rings is 2. The van der Waals surface area contributed by atoms with Gasteiger partial charge in [-0.3, -0.25) is 9.59 Å². The van der Waals surface area contributed by atoms with Gasteiger partial charge in [0.1, 0.15) is 11.4 Å². The fraction of sp³-hybridized carbons (Fsp3) is 0.200. The van der Waals surface area contributed by atoms with E-state index in [9.17, 15) is 9.59 Å². The summed E-state index contributed by atoms with van der Waals surface area (Å²) in [5.74, 6) is -0.0687. The van der Waals surface area contributed by atoms with Crippen LogP contribution in [0.25, 0.3) is 6.08 Å². The summed E-state index contributed by atoms with van der Waals surface area (Å²) in [5.41, 5.74) is 6.45. The van der Waals surface area contributed by atoms with Crippen LogP contribution in [0.5, 0.6) is 5.75 Å². The average molecular weight is 373 g/mol. The monoisotopic (exact) mass is 372 g/mol. The topological polar surface area (TPSA) is 81.4 Å². The molecule has 0 radical (unpaired) electrons. The fourth-order valence-corrected chi connectivity index (χ4v) is 2.18. The molecule has 0 bridgehead atoms. The smallest absolute Gasteiger partial charge is 0.265 e. The van der Waals surface area contributed by atoms with E-state index in [2.05, 4.69) is 19.2 Å². The summed E-state index contributed by atoms with van der Waals surface area (Å²) in [6.45, 7) is 4.71. The molecule has 2 amide bonds. The number of nitrogens with one attached hydrogen (secondary N) is 1. The van der Waals surface area contributed by atoms with Gasteiger partial charge in [0, 0.05) is 10.6 Å². The number of ether oxygens (including phenoxy) is 1. The van der Waals surface area contributed by atoms with Gasteiger partial charge in [-0.1, -0.05) is 37.6 Å². The SMILES string of the molecule is CC(C)COc1ccc(C(=O)N/C(=C/c2ccc(Cl)cc2)C(N)=O)cc1. The zero-order valence-corrected chi connectivity index (χ0v) is 15.4. The van der Waals surface area contributed by atoms with Crippen LogP contribution in [0, 0.1) is 5.92 Å². The van der Waals surface area contributed by atoms with Gasteiger partial charge in [-0.25, -0.2) is 0 Å². The van der Waals surface area contributed by atoms with Crippen LogP contribution in [0.2, 0.25) is 5.02 Å². The second-order valence-corrected chi connectivity index (χ2v) is 6.59. The van der Waals surface area contributed by atoms with Crippen molar-refractivity contribution in [2.45, 2.75) is 13.8 Å². The Morgan fingerprint density at radius 1 is 1.12 bits per heavy atom. The molecule has 3 N–H and O–H groups in total. The summed E-state index contributed by atoms with van der Waals surface area (Å²) in [7, 11) is 0. The first kappa shape index (κ1) is 19.5. The van der Waals surface area contributed by atoms with Crippen LogP contribution in [0.4, 0.5) is 0 Å². The van der Waals surface area contributed by atoms with Gasteiger partial charge in [-0.05, 0) is 54.0 Å². The lowest BCUT2D eigenvalue weighted by Crippen LogP contribution is -2.31. The molecule has 2 rings (SSSR count). The molecule has 0 aliphatic rings. The number of hydrogen-bond donors (Lipinski definition) is 2. The number of halogens is 1. The zero-order chi connectivity index (χ0) is 19.1. The average Bonchev–Trinajstić information content (AvgIpc) is 2.61. The molecule has 26 heavy (non-hydrogen) atoms. The van der Waals surface area contributed by atoms with Crippen molar-refractivity contribution in [2.24, 2.45) is 11.7 Å². The third kappa shape index (κ3) is 5.93. The van der Waals surface area contributed by atoms with E-state index in [4.69, 9.17) is 22.1 Å². The van der Waals surface area contributed by atoms with Gasteiger partial charge in [0.2, 0.25) is 0 Å². The number of hydrogen-bond acceptors (Lipinski definition) is 3. The summed E-state index contributed by atoms with van der Waals surface area (Å²) in [6.07, 6.45) is 1.50. The second kappa shape index (κ2) is 9.06. The second-order valence-electron chi connectivity index (χ2n) is 6.16. The van der Waals surface area contributed by atoms with Gasteiger partial charge in [-0.15, -0.1) is 0 Å². The molecule has 0 aliphatic carbocycles. The molecule has 0 spiro atoms. The van der Waals surface area contributed by atoms with Crippen LogP contribution in [-0.2, 0) is 4.79 Å². The minimum atomic E-state index is -0.731. The standard InChI is InChI=1S/C20H21ClN2O3/c1-13(2)12-26-17-9-5-15(6-10-17)20(25)23-18(19(22)24)11-14-3-7-16(21)8-4-14/h3-11,13H,12H2,1-2H3,(H2,22,24)(H,23,25)/b18-11+. The van der Waals surface area contributed by atoms with E-state index in [0.29, 0.717) is 34.4 Å². The molecule has 0 heterocycles. The molecule has 2 aromatic carbocycles. The highest BCUT2D eigenvalue weighted by Crippen LogP contribution is 2.15. The molecule has 0 aromatic heterocycles. The van der Waals surface area contributed by atoms with Crippen LogP contribution in [-0.4, -0.2) is 18.4 Å². The molecular weight excluding hydrogens is 352 g/mol. The van der Waals surface area contributed by atoms with Gasteiger partial charge < -0.3 is 15.8 Å². The Labute approximate surface area is 157 Å². The minimum Gasteiger partial charge on any atom is -0.493 e. The Balaban J connectivity index is 2.10. The van der Waals surface area contributed by atoms with Crippen LogP contribution >= 0.6 is 11.6 Å². The van der Waals surface area contributed by atoms with E-state index in [1.165, 1.54) is 6.08 Å². The van der Waals surface area contributed by atoms with Gasteiger partial charge in [-0.2, -0.15) is 0 Å². The minimum absolute atomic E-state index is 0.00235. The van der Waals surface area contributed by atoms with Crippen LogP contribution in [0.3, 0.4) is 0 Å². The third-order valence-electron chi connectivity index (χ3n) is 3.39. The van der Waals surface area contributed by atoms with E-state index in [1.807, 2.05) is 0 Å². The lowest BCUT2D eigenvalue weighted by molar-refractivity contribution is -0.114. The maximum atomic E-state index is 12.4. The normalized spacial score (nSPS) is 11.3. The van der Waals surface area contributed by atoms with E-state index in [1.54, 1.807) is 48.5 Å². The lowest BCUT2D eigenvalue weighted by atomic mass is 10.1. The highest BCUT2D eigenvalue weighted by atomic mass is 35.5. The van der Waals surface area contributed by atoms with Crippen LogP contribution in [0.1, 0.15) is 29.8 Å². The first-order chi connectivity index (χ1) is 12.3. The molecular formula is C20H21ClN2O3. The predicted molar refractivity (Wildman–Crippen MR) is 103 cm³/mol. The quantitative estimate of drug-likeness (QED) is 0.728. The summed E-state index contributed by atoms with van der Waals surface area (Å²) in [6, 6.07) is 13.5. The Bertz CT molecular complexity index is 797. The third-order valence-corrected chi connectivity index (χ3v) is 3.65. The number of carbonyl (C=O) groups is 2. The molecule has 0 saturated heterocycles. The van der Waals surface area contributed by atoms with Crippen LogP contribution < -0.4 is 15.8 Å². The molecule has 2 aromatic rings. The van der Waals surface area contributed by atoms with E-state index < -0.39 is 11.8 Å². The van der Waals surface area contributed by atoms with Crippen molar-refractivity contribution in [3.05, 3.63) is 70.4 Å². The van der Waals surface area contributed by atoms with Crippen molar-refractivity contribution < 1.29 is 14.3 Å². The van der Waals surface area contributed by atoms with E-state index in [0.717, 1.165) is 0 Å². The van der Waals surface area contributed by atoms with Gasteiger partial charge in [0.15, 0.2) is 0 Å². The number of carbonyl (C=O) groups excluding carboxylic acids is 2. The maximum absolute atomic E-state index is 12.4. The van der Waals surface area contributed by atoms with E-state index >= 15 is 0 Å². The summed E-state index contributed by atoms with van der Waals surface area (Å²) in [4.78, 5) is 24.0. The van der Waals surface area contributed by atoms with Crippen LogP contribution in [0.15, 0.2) is 54.2 Å². The largest absolute Gasteiger partial charge is 0.493 e. The van der Waals surface area contributed by atoms with Gasteiger partial charge in [0.25, 0.3) is 11.8 Å². The molecule has 0 unspecified atom stereocenters. The first-order valence-corrected chi connectivity index (χ1v) is 8.54. The number of rotatable bonds is 7. The molecule has 6 heteroatoms. The fourth-order valence-electron chi connectivity index (χ4n) is 2.05. The molecule has 5 nitrogen and oxygen atoms in total. The summed E-state index contributed by atoms with van der Waals surface area (Å²) in [5, 5.41) is 3.11. The lowest BCUT2D eigenvalue weighted by Gasteiger charge is -2.10. The Morgan fingerprint density at radius 2 is 1.73 bits per heavy atom. The van der Waals surface area contributed by atoms with Crippen molar-refractivity contribution in [3.63, 3.8) is 0 Å². The molecule has 0 atom stereocenters. The van der Waals surface area contributed by atoms with Crippen molar-refractivity contribution in [1.82, 2.24) is 5.32 Å². The highest BCUT2D eigenvalue weighted by Gasteiger charge is 2.12.